The highest BCUT2D eigenvalue weighted by Crippen LogP contribution is 2.39. The fourth-order valence-electron chi connectivity index (χ4n) is 5.59. The van der Waals surface area contributed by atoms with E-state index in [9.17, 15) is 0 Å². The molecular weight excluding hydrogens is 462 g/mol. The zero-order valence-corrected chi connectivity index (χ0v) is 20.9. The van der Waals surface area contributed by atoms with Gasteiger partial charge >= 0.3 is 0 Å². The number of nitrogens with zero attached hydrogens (tertiary/aromatic N) is 3. The number of aromatic amines is 2. The molecule has 3 aromatic heterocycles. The first kappa shape index (κ1) is 22.3. The number of hydrogen-bond acceptors (Lipinski definition) is 5. The van der Waals surface area contributed by atoms with Gasteiger partial charge in [-0.15, -0.1) is 0 Å². The van der Waals surface area contributed by atoms with E-state index in [1.54, 1.807) is 0 Å². The lowest BCUT2D eigenvalue weighted by Gasteiger charge is -2.22. The van der Waals surface area contributed by atoms with Gasteiger partial charge in [-0.2, -0.15) is 0 Å². The van der Waals surface area contributed by atoms with Crippen molar-refractivity contribution in [1.82, 2.24) is 35.1 Å². The third kappa shape index (κ3) is 4.12. The third-order valence-electron chi connectivity index (χ3n) is 7.68. The van der Waals surface area contributed by atoms with Crippen molar-refractivity contribution in [2.24, 2.45) is 0 Å². The second kappa shape index (κ2) is 9.21. The molecule has 6 heterocycles. The van der Waals surface area contributed by atoms with E-state index in [2.05, 4.69) is 84.7 Å². The van der Waals surface area contributed by atoms with Crippen molar-refractivity contribution in [2.75, 3.05) is 13.1 Å². The monoisotopic (exact) mass is 493 g/mol. The van der Waals surface area contributed by atoms with E-state index in [4.69, 9.17) is 4.74 Å². The summed E-state index contributed by atoms with van der Waals surface area (Å²) in [5, 5.41) is 7.02. The molecular formula is C29H31N7O. The smallest absolute Gasteiger partial charge is 0.152 e. The van der Waals surface area contributed by atoms with E-state index < -0.39 is 0 Å². The van der Waals surface area contributed by atoms with Crippen LogP contribution in [-0.4, -0.2) is 37.6 Å². The fraction of sp³-hybridized carbons (Fsp3) is 0.310. The van der Waals surface area contributed by atoms with Crippen molar-refractivity contribution in [1.29, 1.82) is 0 Å². The van der Waals surface area contributed by atoms with Crippen LogP contribution in [0.2, 0.25) is 0 Å². The minimum atomic E-state index is 0.313. The van der Waals surface area contributed by atoms with Crippen LogP contribution in [0.25, 0.3) is 28.2 Å². The molecule has 3 aliphatic rings. The van der Waals surface area contributed by atoms with Crippen molar-refractivity contribution in [2.45, 2.75) is 44.7 Å². The average molecular weight is 494 g/mol. The van der Waals surface area contributed by atoms with Crippen LogP contribution in [0.1, 0.15) is 55.1 Å². The fourth-order valence-corrected chi connectivity index (χ4v) is 5.59. The molecule has 188 valence electrons. The Bertz CT molecular complexity index is 1500. The van der Waals surface area contributed by atoms with E-state index in [1.165, 1.54) is 12.8 Å². The van der Waals surface area contributed by atoms with Crippen molar-refractivity contribution >= 4 is 0 Å². The minimum Gasteiger partial charge on any atom is -0.453 e. The van der Waals surface area contributed by atoms with E-state index in [0.29, 0.717) is 12.1 Å². The van der Waals surface area contributed by atoms with Crippen LogP contribution in [0.3, 0.4) is 0 Å². The van der Waals surface area contributed by atoms with Crippen molar-refractivity contribution in [3.05, 3.63) is 78.4 Å². The molecule has 8 nitrogen and oxygen atoms in total. The molecule has 0 saturated carbocycles. The van der Waals surface area contributed by atoms with Gasteiger partial charge in [0.15, 0.2) is 5.75 Å². The Balaban J connectivity index is 1.22. The van der Waals surface area contributed by atoms with Gasteiger partial charge in [-0.1, -0.05) is 12.1 Å². The largest absolute Gasteiger partial charge is 0.453 e. The first-order chi connectivity index (χ1) is 18.2. The van der Waals surface area contributed by atoms with Crippen molar-refractivity contribution < 1.29 is 4.74 Å². The number of aromatic nitrogens is 5. The lowest BCUT2D eigenvalue weighted by atomic mass is 10.1. The Kier molecular flexibility index (Phi) is 5.56. The standard InChI is InChI=1S/C29H31N7O/c1-18-26-11-9-19(23-16-32-28(34-23)21-6-2-12-30-21)5-4-14-36(18)25-10-8-20(15-27(25)37-26)24-17-33-29(35-24)22-7-3-13-31-22/h4-5,8-11,14-17,21-22,30-31H,2-3,6-7,12-13H2,1H3,(H,32,34)(H,33,35)/t21-,22-/m0/s1. The van der Waals surface area contributed by atoms with Crippen LogP contribution >= 0.6 is 0 Å². The molecule has 4 N–H and O–H groups in total. The molecule has 37 heavy (non-hydrogen) atoms. The first-order valence-electron chi connectivity index (χ1n) is 13.2. The Labute approximate surface area is 215 Å². The molecule has 1 aromatic carbocycles. The number of H-pyrrole nitrogens is 2. The first-order valence-corrected chi connectivity index (χ1v) is 13.2. The number of benzene rings is 1. The van der Waals surface area contributed by atoms with Gasteiger partial charge in [-0.05, 0) is 81.6 Å². The van der Waals surface area contributed by atoms with Gasteiger partial charge in [0.05, 0.1) is 47.2 Å². The average Bonchev–Trinajstić information content (AvgIpc) is 3.73. The molecule has 0 radical (unpaired) electrons. The van der Waals surface area contributed by atoms with Gasteiger partial charge in [-0.3, -0.25) is 0 Å². The van der Waals surface area contributed by atoms with Crippen molar-refractivity contribution in [3.8, 4) is 39.7 Å². The highest BCUT2D eigenvalue weighted by Gasteiger charge is 2.22. The van der Waals surface area contributed by atoms with E-state index in [1.807, 2.05) is 18.5 Å². The molecule has 8 heteroatoms. The number of imidazole rings is 2. The predicted molar refractivity (Wildman–Crippen MR) is 143 cm³/mol. The highest BCUT2D eigenvalue weighted by molar-refractivity contribution is 5.67. The SMILES string of the molecule is Cc1c2ccc(-c3cnc([C@@H]4CCCN4)[nH]3)cccn1-c1ccc(-c3cnc([C@@H]4CCCN4)[nH]3)cc1O2. The molecule has 4 aromatic rings. The normalized spacial score (nSPS) is 19.9. The number of fused-ring (bicyclic) bond motifs is 4. The Hall–Kier alpha value is -3.88. The molecule has 2 saturated heterocycles. The lowest BCUT2D eigenvalue weighted by molar-refractivity contribution is 0.458. The predicted octanol–water partition coefficient (Wildman–Crippen LogP) is 5.65. The van der Waals surface area contributed by atoms with Gasteiger partial charge in [0.2, 0.25) is 0 Å². The second-order valence-corrected chi connectivity index (χ2v) is 10.1. The van der Waals surface area contributed by atoms with Crippen molar-refractivity contribution in [3.63, 3.8) is 0 Å². The zero-order chi connectivity index (χ0) is 24.8. The third-order valence-corrected chi connectivity index (χ3v) is 7.68. The molecule has 7 rings (SSSR count). The maximum absolute atomic E-state index is 6.45. The molecule has 0 aliphatic carbocycles. The van der Waals surface area contributed by atoms with Gasteiger partial charge in [0, 0.05) is 11.8 Å². The molecule has 0 unspecified atom stereocenters. The summed E-state index contributed by atoms with van der Waals surface area (Å²) in [7, 11) is 0. The summed E-state index contributed by atoms with van der Waals surface area (Å²) in [5.74, 6) is 3.65. The van der Waals surface area contributed by atoms with E-state index in [0.717, 1.165) is 83.0 Å². The van der Waals surface area contributed by atoms with Gasteiger partial charge in [-0.25, -0.2) is 9.97 Å². The Morgan fingerprint density at radius 3 is 2.16 bits per heavy atom. The maximum Gasteiger partial charge on any atom is 0.152 e. The Morgan fingerprint density at radius 1 is 0.811 bits per heavy atom. The van der Waals surface area contributed by atoms with E-state index >= 15 is 0 Å². The van der Waals surface area contributed by atoms with Crippen LogP contribution in [0.15, 0.2) is 61.1 Å². The van der Waals surface area contributed by atoms with Gasteiger partial charge in [0.1, 0.15) is 17.4 Å². The topological polar surface area (TPSA) is 95.6 Å². The lowest BCUT2D eigenvalue weighted by Crippen LogP contribution is -2.14. The molecule has 0 spiro atoms. The summed E-state index contributed by atoms with van der Waals surface area (Å²) in [6.45, 7) is 4.18. The summed E-state index contributed by atoms with van der Waals surface area (Å²) >= 11 is 0. The summed E-state index contributed by atoms with van der Waals surface area (Å²) in [6, 6.07) is 15.3. The van der Waals surface area contributed by atoms with Crippen LogP contribution in [0.4, 0.5) is 0 Å². The molecule has 2 fully saturated rings. The Morgan fingerprint density at radius 2 is 1.49 bits per heavy atom. The van der Waals surface area contributed by atoms with Gasteiger partial charge < -0.3 is 29.9 Å². The quantitative estimate of drug-likeness (QED) is 0.260. The number of rotatable bonds is 4. The van der Waals surface area contributed by atoms with Crippen LogP contribution in [0.5, 0.6) is 11.5 Å². The zero-order valence-electron chi connectivity index (χ0n) is 20.9. The minimum absolute atomic E-state index is 0.313. The summed E-state index contributed by atoms with van der Waals surface area (Å²) < 4.78 is 8.64. The molecule has 2 atom stereocenters. The maximum atomic E-state index is 6.45. The summed E-state index contributed by atoms with van der Waals surface area (Å²) in [4.78, 5) is 16.3. The molecule has 2 bridgehead atoms. The number of hydrogen-bond donors (Lipinski definition) is 4. The van der Waals surface area contributed by atoms with E-state index in [-0.39, 0.29) is 0 Å². The number of ether oxygens (including phenoxy) is 1. The van der Waals surface area contributed by atoms with Gasteiger partial charge in [0.25, 0.3) is 0 Å². The number of nitrogens with one attached hydrogen (secondary N) is 4. The molecule has 3 aliphatic heterocycles. The second-order valence-electron chi connectivity index (χ2n) is 10.1. The molecule has 0 amide bonds. The summed E-state index contributed by atoms with van der Waals surface area (Å²) in [5.41, 5.74) is 6.17. The summed E-state index contributed by atoms with van der Waals surface area (Å²) in [6.07, 6.45) is 10.6. The highest BCUT2D eigenvalue weighted by atomic mass is 16.5. The van der Waals surface area contributed by atoms with Crippen LogP contribution in [0, 0.1) is 6.92 Å². The van der Waals surface area contributed by atoms with Crippen LogP contribution < -0.4 is 15.4 Å². The van der Waals surface area contributed by atoms with Crippen LogP contribution in [-0.2, 0) is 0 Å².